The molecule has 0 aliphatic carbocycles. The molecular formula is C17H16F3N3O2. The van der Waals surface area contributed by atoms with Crippen LogP contribution in [0.25, 0.3) is 0 Å². The lowest BCUT2D eigenvalue weighted by molar-refractivity contribution is -0.138. The van der Waals surface area contributed by atoms with Gasteiger partial charge in [-0.15, -0.1) is 0 Å². The average Bonchev–Trinajstić information content (AvgIpc) is 2.55. The van der Waals surface area contributed by atoms with Gasteiger partial charge in [-0.3, -0.25) is 4.79 Å². The molecule has 8 heteroatoms. The fourth-order valence-electron chi connectivity index (χ4n) is 1.97. The van der Waals surface area contributed by atoms with Crippen molar-refractivity contribution in [3.8, 4) is 0 Å². The first-order chi connectivity index (χ1) is 11.8. The number of benzene rings is 2. The number of anilines is 2. The van der Waals surface area contributed by atoms with Gasteiger partial charge in [-0.05, 0) is 29.8 Å². The zero-order chi connectivity index (χ0) is 18.3. The van der Waals surface area contributed by atoms with E-state index in [1.807, 2.05) is 6.07 Å². The highest BCUT2D eigenvalue weighted by Crippen LogP contribution is 2.14. The Labute approximate surface area is 142 Å². The second-order valence-electron chi connectivity index (χ2n) is 5.21. The van der Waals surface area contributed by atoms with Crippen LogP contribution in [0.15, 0.2) is 54.6 Å². The van der Waals surface area contributed by atoms with Gasteiger partial charge in [-0.25, -0.2) is 4.79 Å². The maximum Gasteiger partial charge on any atom is 0.405 e. The maximum atomic E-state index is 12.0. The summed E-state index contributed by atoms with van der Waals surface area (Å²) in [5.41, 5.74) is 1.67. The number of halogens is 3. The molecule has 0 heterocycles. The molecule has 5 nitrogen and oxygen atoms in total. The van der Waals surface area contributed by atoms with E-state index in [2.05, 4.69) is 10.6 Å². The van der Waals surface area contributed by atoms with Gasteiger partial charge in [0, 0.05) is 11.4 Å². The van der Waals surface area contributed by atoms with Crippen molar-refractivity contribution in [3.05, 3.63) is 60.2 Å². The van der Waals surface area contributed by atoms with E-state index >= 15 is 0 Å². The third-order valence-electron chi connectivity index (χ3n) is 3.09. The summed E-state index contributed by atoms with van der Waals surface area (Å²) in [5.74, 6) is -0.722. The minimum absolute atomic E-state index is 0.174. The quantitative estimate of drug-likeness (QED) is 0.771. The minimum atomic E-state index is -4.43. The van der Waals surface area contributed by atoms with E-state index in [4.69, 9.17) is 0 Å². The number of nitrogens with one attached hydrogen (secondary N) is 3. The molecule has 2 aromatic rings. The van der Waals surface area contributed by atoms with Crippen LogP contribution in [-0.2, 0) is 11.2 Å². The summed E-state index contributed by atoms with van der Waals surface area (Å²) in [5, 5.41) is 7.07. The number of alkyl halides is 3. The van der Waals surface area contributed by atoms with Gasteiger partial charge in [0.15, 0.2) is 0 Å². The van der Waals surface area contributed by atoms with Crippen molar-refractivity contribution in [2.45, 2.75) is 12.6 Å². The van der Waals surface area contributed by atoms with E-state index in [0.717, 1.165) is 0 Å². The molecule has 0 fully saturated rings. The lowest BCUT2D eigenvalue weighted by atomic mass is 10.1. The van der Waals surface area contributed by atoms with E-state index < -0.39 is 24.7 Å². The summed E-state index contributed by atoms with van der Waals surface area (Å²) in [7, 11) is 0. The van der Waals surface area contributed by atoms with Crippen LogP contribution in [0.5, 0.6) is 0 Å². The summed E-state index contributed by atoms with van der Waals surface area (Å²) < 4.78 is 36.1. The van der Waals surface area contributed by atoms with Gasteiger partial charge in [-0.2, -0.15) is 13.2 Å². The third-order valence-corrected chi connectivity index (χ3v) is 3.09. The summed E-state index contributed by atoms with van der Waals surface area (Å²) in [6.45, 7) is -1.36. The Balaban J connectivity index is 1.83. The summed E-state index contributed by atoms with van der Waals surface area (Å²) >= 11 is 0. The number of hydrogen-bond acceptors (Lipinski definition) is 2. The normalized spacial score (nSPS) is 10.8. The second-order valence-corrected chi connectivity index (χ2v) is 5.21. The van der Waals surface area contributed by atoms with Crippen molar-refractivity contribution in [2.24, 2.45) is 0 Å². The minimum Gasteiger partial charge on any atom is -0.347 e. The fraction of sp³-hybridized carbons (Fsp3) is 0.176. The molecule has 0 aromatic heterocycles. The van der Waals surface area contributed by atoms with Gasteiger partial charge in [-0.1, -0.05) is 30.3 Å². The van der Waals surface area contributed by atoms with Crippen LogP contribution in [0.2, 0.25) is 0 Å². The molecule has 3 amide bonds. The molecule has 0 aliphatic heterocycles. The Morgan fingerprint density at radius 3 is 1.96 bits per heavy atom. The highest BCUT2D eigenvalue weighted by atomic mass is 19.4. The van der Waals surface area contributed by atoms with Gasteiger partial charge in [0.1, 0.15) is 6.54 Å². The zero-order valence-corrected chi connectivity index (χ0v) is 13.1. The number of carbonyl (C=O) groups excluding carboxylic acids is 2. The van der Waals surface area contributed by atoms with Gasteiger partial charge in [0.2, 0.25) is 5.91 Å². The maximum absolute atomic E-state index is 12.0. The molecule has 0 aliphatic rings. The molecule has 132 valence electrons. The van der Waals surface area contributed by atoms with Crippen LogP contribution in [0.3, 0.4) is 0 Å². The predicted molar refractivity (Wildman–Crippen MR) is 88.3 cm³/mol. The lowest BCUT2D eigenvalue weighted by Gasteiger charge is -2.09. The molecule has 3 N–H and O–H groups in total. The molecular weight excluding hydrogens is 335 g/mol. The Bertz CT molecular complexity index is 716. The summed E-state index contributed by atoms with van der Waals surface area (Å²) in [6, 6.07) is 14.7. The molecule has 0 bridgehead atoms. The molecule has 2 rings (SSSR count). The Hall–Kier alpha value is -3.03. The molecule has 0 saturated heterocycles. The molecule has 0 spiro atoms. The second kappa shape index (κ2) is 8.18. The van der Waals surface area contributed by atoms with Crippen LogP contribution in [0.4, 0.5) is 29.3 Å². The van der Waals surface area contributed by atoms with Gasteiger partial charge < -0.3 is 16.0 Å². The highest BCUT2D eigenvalue weighted by Gasteiger charge is 2.27. The monoisotopic (exact) mass is 351 g/mol. The summed E-state index contributed by atoms with van der Waals surface area (Å²) in [6.07, 6.45) is -4.61. The summed E-state index contributed by atoms with van der Waals surface area (Å²) in [4.78, 5) is 23.3. The largest absolute Gasteiger partial charge is 0.405 e. The molecule has 0 saturated carbocycles. The highest BCUT2D eigenvalue weighted by molar-refractivity contribution is 5.99. The molecule has 0 atom stereocenters. The van der Waals surface area contributed by atoms with Crippen molar-refractivity contribution >= 4 is 23.3 Å². The van der Waals surface area contributed by atoms with Crippen LogP contribution in [0, 0.1) is 0 Å². The average molecular weight is 351 g/mol. The zero-order valence-electron chi connectivity index (χ0n) is 13.1. The molecule has 25 heavy (non-hydrogen) atoms. The van der Waals surface area contributed by atoms with Gasteiger partial charge in [0.25, 0.3) is 0 Å². The van der Waals surface area contributed by atoms with Crippen molar-refractivity contribution in [3.63, 3.8) is 0 Å². The third kappa shape index (κ3) is 6.94. The van der Waals surface area contributed by atoms with Crippen LogP contribution in [-0.4, -0.2) is 24.7 Å². The SMILES string of the molecule is O=C(Cc1ccc(NC(=O)Nc2ccccc2)cc1)NCC(F)(F)F. The first-order valence-electron chi connectivity index (χ1n) is 7.37. The molecule has 2 aromatic carbocycles. The Morgan fingerprint density at radius 2 is 1.40 bits per heavy atom. The first-order valence-corrected chi connectivity index (χ1v) is 7.37. The van der Waals surface area contributed by atoms with Crippen LogP contribution >= 0.6 is 0 Å². The molecule has 0 unspecified atom stereocenters. The smallest absolute Gasteiger partial charge is 0.347 e. The van der Waals surface area contributed by atoms with Crippen molar-refractivity contribution in [1.82, 2.24) is 5.32 Å². The van der Waals surface area contributed by atoms with E-state index in [-0.39, 0.29) is 6.42 Å². The number of urea groups is 1. The van der Waals surface area contributed by atoms with Crippen LogP contribution < -0.4 is 16.0 Å². The number of para-hydroxylation sites is 1. The lowest BCUT2D eigenvalue weighted by Crippen LogP contribution is -2.34. The number of amides is 3. The van der Waals surface area contributed by atoms with E-state index in [1.54, 1.807) is 53.8 Å². The van der Waals surface area contributed by atoms with E-state index in [1.165, 1.54) is 0 Å². The van der Waals surface area contributed by atoms with E-state index in [0.29, 0.717) is 16.9 Å². The van der Waals surface area contributed by atoms with Crippen molar-refractivity contribution in [2.75, 3.05) is 17.2 Å². The number of rotatable bonds is 5. The predicted octanol–water partition coefficient (Wildman–Crippen LogP) is 3.55. The first kappa shape index (κ1) is 18.3. The molecule has 0 radical (unpaired) electrons. The van der Waals surface area contributed by atoms with E-state index in [9.17, 15) is 22.8 Å². The van der Waals surface area contributed by atoms with Gasteiger partial charge >= 0.3 is 12.2 Å². The van der Waals surface area contributed by atoms with Crippen LogP contribution in [0.1, 0.15) is 5.56 Å². The van der Waals surface area contributed by atoms with Gasteiger partial charge in [0.05, 0.1) is 6.42 Å². The standard InChI is InChI=1S/C17H16F3N3O2/c18-17(19,20)11-21-15(24)10-12-6-8-14(9-7-12)23-16(25)22-13-4-2-1-3-5-13/h1-9H,10-11H2,(H,21,24)(H2,22,23,25). The Morgan fingerprint density at radius 1 is 0.840 bits per heavy atom. The number of hydrogen-bond donors (Lipinski definition) is 3. The Kier molecular flexibility index (Phi) is 5.99. The number of carbonyl (C=O) groups is 2. The van der Waals surface area contributed by atoms with Crippen molar-refractivity contribution in [1.29, 1.82) is 0 Å². The van der Waals surface area contributed by atoms with Crippen molar-refractivity contribution < 1.29 is 22.8 Å². The topological polar surface area (TPSA) is 70.2 Å². The fourth-order valence-corrected chi connectivity index (χ4v) is 1.97.